The van der Waals surface area contributed by atoms with Gasteiger partial charge in [0.2, 0.25) is 0 Å². The molecule has 41 valence electrons. The van der Waals surface area contributed by atoms with E-state index in [0.29, 0.717) is 0 Å². The first-order valence-electron chi connectivity index (χ1n) is 2.36. The Kier molecular flexibility index (Phi) is 1.37. The quantitative estimate of drug-likeness (QED) is 0.466. The van der Waals surface area contributed by atoms with Crippen molar-refractivity contribution in [1.82, 2.24) is 5.32 Å². The predicted molar refractivity (Wildman–Crippen MR) is 32.4 cm³/mol. The van der Waals surface area contributed by atoms with E-state index < -0.39 is 0 Å². The van der Waals surface area contributed by atoms with E-state index in [2.05, 4.69) is 11.5 Å². The molecule has 0 atom stereocenters. The highest BCUT2D eigenvalue weighted by Gasteiger charge is 1.85. The minimum atomic E-state index is 0.976. The van der Waals surface area contributed by atoms with Crippen LogP contribution in [-0.4, -0.2) is 0 Å². The van der Waals surface area contributed by atoms with Crippen LogP contribution in [0.3, 0.4) is 0 Å². The van der Waals surface area contributed by atoms with Crippen molar-refractivity contribution < 1.29 is 0 Å². The zero-order valence-corrected chi connectivity index (χ0v) is 4.39. The van der Waals surface area contributed by atoms with Crippen LogP contribution in [0.5, 0.6) is 0 Å². The van der Waals surface area contributed by atoms with E-state index in [4.69, 9.17) is 5.73 Å². The summed E-state index contributed by atoms with van der Waals surface area (Å²) in [6, 6.07) is 0. The van der Waals surface area contributed by atoms with Gasteiger partial charge >= 0.3 is 0 Å². The summed E-state index contributed by atoms with van der Waals surface area (Å²) in [7, 11) is 0. The molecule has 1 heterocycles. The molecule has 0 aromatic heterocycles. The van der Waals surface area contributed by atoms with Crippen LogP contribution >= 0.6 is 0 Å². The maximum absolute atomic E-state index is 5.19. The molecule has 0 bridgehead atoms. The molecule has 0 aliphatic carbocycles. The second kappa shape index (κ2) is 2.21. The summed E-state index contributed by atoms with van der Waals surface area (Å²) in [5, 5.41) is 2.77. The third-order valence-electron chi connectivity index (χ3n) is 0.874. The molecule has 0 amide bonds. The molecule has 0 unspecified atom stereocenters. The normalized spacial score (nSPS) is 21.2. The van der Waals surface area contributed by atoms with E-state index in [1.807, 2.05) is 6.08 Å². The Morgan fingerprint density at radius 2 is 2.62 bits per heavy atom. The summed E-state index contributed by atoms with van der Waals surface area (Å²) in [5.41, 5.74) is 6.17. The van der Waals surface area contributed by atoms with Crippen molar-refractivity contribution in [2.24, 2.45) is 5.73 Å². The number of rotatable bonds is 0. The summed E-state index contributed by atoms with van der Waals surface area (Å²) < 4.78 is 0. The molecule has 1 radical (unpaired) electrons. The molecule has 1 rings (SSSR count). The summed E-state index contributed by atoms with van der Waals surface area (Å²) in [5.74, 6) is 0. The van der Waals surface area contributed by atoms with Crippen molar-refractivity contribution in [3.63, 3.8) is 0 Å². The Hall–Kier alpha value is -1.18. The fourth-order valence-corrected chi connectivity index (χ4v) is 0.463. The molecule has 0 saturated carbocycles. The molecule has 0 aromatic rings. The molecular weight excluding hydrogens is 100 g/mol. The van der Waals surface area contributed by atoms with E-state index in [9.17, 15) is 0 Å². The van der Waals surface area contributed by atoms with Gasteiger partial charge in [-0.15, -0.1) is 0 Å². The molecule has 3 N–H and O–H groups in total. The Morgan fingerprint density at radius 1 is 1.75 bits per heavy atom. The first kappa shape index (κ1) is 4.97. The van der Waals surface area contributed by atoms with Crippen LogP contribution < -0.4 is 11.1 Å². The van der Waals surface area contributed by atoms with Crippen LogP contribution in [0, 0.1) is 6.20 Å². The maximum atomic E-state index is 5.19. The third kappa shape index (κ3) is 0.904. The van der Waals surface area contributed by atoms with E-state index in [-0.39, 0.29) is 0 Å². The number of hydrogen-bond donors (Lipinski definition) is 2. The molecule has 0 spiro atoms. The minimum Gasteiger partial charge on any atom is -0.404 e. The van der Waals surface area contributed by atoms with Crippen molar-refractivity contribution in [2.45, 2.75) is 0 Å². The van der Waals surface area contributed by atoms with Crippen molar-refractivity contribution in [1.29, 1.82) is 0 Å². The molecule has 0 fully saturated rings. The van der Waals surface area contributed by atoms with Crippen molar-refractivity contribution in [3.05, 3.63) is 36.3 Å². The number of dihydropyridines is 1. The highest BCUT2D eigenvalue weighted by atomic mass is 14.8. The highest BCUT2D eigenvalue weighted by molar-refractivity contribution is 5.30. The molecule has 2 nitrogen and oxygen atoms in total. The molecule has 2 heteroatoms. The zero-order valence-electron chi connectivity index (χ0n) is 4.39. The lowest BCUT2D eigenvalue weighted by atomic mass is 10.2. The topological polar surface area (TPSA) is 38.0 Å². The van der Waals surface area contributed by atoms with Gasteiger partial charge in [0.1, 0.15) is 0 Å². The SMILES string of the molecule is N/C=C1/C=[C]NC=C1. The Balaban J connectivity index is 2.69. The monoisotopic (exact) mass is 107 g/mol. The average molecular weight is 107 g/mol. The Morgan fingerprint density at radius 3 is 3.00 bits per heavy atom. The number of nitrogens with one attached hydrogen (secondary N) is 1. The lowest BCUT2D eigenvalue weighted by Crippen LogP contribution is -1.98. The van der Waals surface area contributed by atoms with Crippen LogP contribution in [0.15, 0.2) is 30.1 Å². The van der Waals surface area contributed by atoms with E-state index in [0.717, 1.165) is 5.57 Å². The van der Waals surface area contributed by atoms with Gasteiger partial charge in [0.25, 0.3) is 0 Å². The van der Waals surface area contributed by atoms with Crippen molar-refractivity contribution >= 4 is 0 Å². The summed E-state index contributed by atoms with van der Waals surface area (Å²) in [4.78, 5) is 0. The fourth-order valence-electron chi connectivity index (χ4n) is 0.463. The van der Waals surface area contributed by atoms with Crippen LogP contribution in [0.2, 0.25) is 0 Å². The second-order valence-electron chi connectivity index (χ2n) is 1.43. The van der Waals surface area contributed by atoms with E-state index >= 15 is 0 Å². The van der Waals surface area contributed by atoms with Crippen LogP contribution in [-0.2, 0) is 0 Å². The second-order valence-corrected chi connectivity index (χ2v) is 1.43. The minimum absolute atomic E-state index is 0.976. The number of hydrogen-bond acceptors (Lipinski definition) is 2. The molecule has 1 aliphatic heterocycles. The molecular formula is C6H7N2. The maximum Gasteiger partial charge on any atom is 0.0625 e. The number of allylic oxidation sites excluding steroid dienone is 3. The number of nitrogens with two attached hydrogens (primary N) is 1. The van der Waals surface area contributed by atoms with Gasteiger partial charge < -0.3 is 11.1 Å². The van der Waals surface area contributed by atoms with E-state index in [1.54, 1.807) is 12.3 Å². The average Bonchev–Trinajstić information content (AvgIpc) is 1.90. The van der Waals surface area contributed by atoms with Crippen LogP contribution in [0.1, 0.15) is 0 Å². The fraction of sp³-hybridized carbons (Fsp3) is 0. The first-order chi connectivity index (χ1) is 3.93. The molecule has 8 heavy (non-hydrogen) atoms. The standard InChI is InChI=1S/C6H7N2/c7-5-6-1-3-8-4-2-6/h1-3,5,8H,7H2/b6-5+. The third-order valence-corrected chi connectivity index (χ3v) is 0.874. The predicted octanol–water partition coefficient (Wildman–Crippen LogP) is 0.263. The van der Waals surface area contributed by atoms with Gasteiger partial charge in [0.05, 0.1) is 6.20 Å². The molecule has 1 aliphatic rings. The van der Waals surface area contributed by atoms with Crippen LogP contribution in [0.4, 0.5) is 0 Å². The Bertz CT molecular complexity index is 140. The van der Waals surface area contributed by atoms with Gasteiger partial charge in [-0.1, -0.05) is 0 Å². The molecule has 0 aromatic carbocycles. The summed E-state index contributed by atoms with van der Waals surface area (Å²) in [6.45, 7) is 0. The van der Waals surface area contributed by atoms with Crippen molar-refractivity contribution in [2.75, 3.05) is 0 Å². The summed E-state index contributed by atoms with van der Waals surface area (Å²) >= 11 is 0. The zero-order chi connectivity index (χ0) is 5.82. The molecule has 0 saturated heterocycles. The van der Waals surface area contributed by atoms with Gasteiger partial charge in [-0.05, 0) is 17.7 Å². The smallest absolute Gasteiger partial charge is 0.0625 e. The Labute approximate surface area is 48.4 Å². The first-order valence-corrected chi connectivity index (χ1v) is 2.36. The van der Waals surface area contributed by atoms with Crippen molar-refractivity contribution in [3.8, 4) is 0 Å². The highest BCUT2D eigenvalue weighted by Crippen LogP contribution is 1.97. The van der Waals surface area contributed by atoms with E-state index in [1.165, 1.54) is 6.20 Å². The van der Waals surface area contributed by atoms with Crippen LogP contribution in [0.25, 0.3) is 0 Å². The van der Waals surface area contributed by atoms with Gasteiger partial charge in [-0.3, -0.25) is 0 Å². The lowest BCUT2D eigenvalue weighted by molar-refractivity contribution is 1.12. The summed E-state index contributed by atoms with van der Waals surface area (Å²) in [6.07, 6.45) is 9.73. The van der Waals surface area contributed by atoms with Gasteiger partial charge in [0.15, 0.2) is 0 Å². The van der Waals surface area contributed by atoms with Gasteiger partial charge in [0, 0.05) is 12.4 Å². The lowest BCUT2D eigenvalue weighted by Gasteiger charge is -1.96. The van der Waals surface area contributed by atoms with Gasteiger partial charge in [-0.2, -0.15) is 0 Å². The largest absolute Gasteiger partial charge is 0.404 e. The van der Waals surface area contributed by atoms with Gasteiger partial charge in [-0.25, -0.2) is 0 Å².